The predicted octanol–water partition coefficient (Wildman–Crippen LogP) is 0.657. The Bertz CT molecular complexity index is 328. The van der Waals surface area contributed by atoms with Crippen molar-refractivity contribution in [3.63, 3.8) is 0 Å². The summed E-state index contributed by atoms with van der Waals surface area (Å²) in [6.07, 6.45) is -2.72. The maximum absolute atomic E-state index is 11.9. The van der Waals surface area contributed by atoms with Gasteiger partial charge in [0.2, 0.25) is 5.91 Å². The van der Waals surface area contributed by atoms with E-state index in [1.54, 1.807) is 10.2 Å². The van der Waals surface area contributed by atoms with Gasteiger partial charge >= 0.3 is 12.1 Å². The Hall–Kier alpha value is -1.31. The lowest BCUT2D eigenvalue weighted by molar-refractivity contribution is -0.173. The summed E-state index contributed by atoms with van der Waals surface area (Å²) in [5.41, 5.74) is 0. The standard InChI is InChI=1S/C12H20F3N3O2/c13-12(14,15)11(20)17-5-3-1-2-4-10(19)18-8-6-16-7-9-18/h16H,1-9H2,(H,17,20). The quantitative estimate of drug-likeness (QED) is 0.708. The molecule has 1 fully saturated rings. The molecular weight excluding hydrogens is 275 g/mol. The molecule has 0 unspecified atom stereocenters. The summed E-state index contributed by atoms with van der Waals surface area (Å²) in [4.78, 5) is 24.1. The van der Waals surface area contributed by atoms with E-state index >= 15 is 0 Å². The average Bonchev–Trinajstić information content (AvgIpc) is 2.42. The van der Waals surface area contributed by atoms with Gasteiger partial charge in [-0.05, 0) is 12.8 Å². The van der Waals surface area contributed by atoms with Crippen LogP contribution in [0.5, 0.6) is 0 Å². The number of nitrogens with zero attached hydrogens (tertiary/aromatic N) is 1. The highest BCUT2D eigenvalue weighted by Crippen LogP contribution is 2.14. The van der Waals surface area contributed by atoms with Crippen LogP contribution in [0.2, 0.25) is 0 Å². The van der Waals surface area contributed by atoms with Crippen molar-refractivity contribution in [1.29, 1.82) is 0 Å². The zero-order valence-electron chi connectivity index (χ0n) is 11.3. The van der Waals surface area contributed by atoms with Crippen molar-refractivity contribution < 1.29 is 22.8 Å². The normalized spacial score (nSPS) is 16.1. The van der Waals surface area contributed by atoms with Gasteiger partial charge in [-0.3, -0.25) is 9.59 Å². The molecule has 1 aliphatic heterocycles. The maximum atomic E-state index is 11.9. The van der Waals surface area contributed by atoms with E-state index in [4.69, 9.17) is 0 Å². The fraction of sp³-hybridized carbons (Fsp3) is 0.833. The van der Waals surface area contributed by atoms with Crippen LogP contribution in [0.25, 0.3) is 0 Å². The van der Waals surface area contributed by atoms with Gasteiger partial charge in [0.25, 0.3) is 0 Å². The van der Waals surface area contributed by atoms with Gasteiger partial charge < -0.3 is 15.5 Å². The van der Waals surface area contributed by atoms with Crippen molar-refractivity contribution in [1.82, 2.24) is 15.5 Å². The van der Waals surface area contributed by atoms with Crippen molar-refractivity contribution in [2.24, 2.45) is 0 Å². The SMILES string of the molecule is O=C(CCCCCNC(=O)C(F)(F)F)N1CCNCC1. The lowest BCUT2D eigenvalue weighted by atomic mass is 10.1. The van der Waals surface area contributed by atoms with Crippen molar-refractivity contribution >= 4 is 11.8 Å². The highest BCUT2D eigenvalue weighted by atomic mass is 19.4. The molecule has 8 heteroatoms. The molecule has 0 aromatic carbocycles. The first-order valence-corrected chi connectivity index (χ1v) is 6.75. The molecule has 0 atom stereocenters. The number of hydrogen-bond acceptors (Lipinski definition) is 3. The summed E-state index contributed by atoms with van der Waals surface area (Å²) in [5, 5.41) is 4.96. The van der Waals surface area contributed by atoms with Crippen LogP contribution >= 0.6 is 0 Å². The first-order valence-electron chi connectivity index (χ1n) is 6.75. The van der Waals surface area contributed by atoms with Gasteiger partial charge in [-0.15, -0.1) is 0 Å². The minimum Gasteiger partial charge on any atom is -0.348 e. The van der Waals surface area contributed by atoms with E-state index in [9.17, 15) is 22.8 Å². The average molecular weight is 295 g/mol. The lowest BCUT2D eigenvalue weighted by Crippen LogP contribution is -2.46. The Morgan fingerprint density at radius 2 is 1.75 bits per heavy atom. The lowest BCUT2D eigenvalue weighted by Gasteiger charge is -2.27. The summed E-state index contributed by atoms with van der Waals surface area (Å²) in [6, 6.07) is 0. The van der Waals surface area contributed by atoms with Crippen LogP contribution in [0, 0.1) is 0 Å². The van der Waals surface area contributed by atoms with Gasteiger partial charge in [-0.2, -0.15) is 13.2 Å². The Kier molecular flexibility index (Phi) is 6.77. The monoisotopic (exact) mass is 295 g/mol. The molecule has 0 spiro atoms. The molecule has 0 bridgehead atoms. The molecule has 1 heterocycles. The summed E-state index contributed by atoms with van der Waals surface area (Å²) in [5.74, 6) is -1.82. The van der Waals surface area contributed by atoms with Crippen molar-refractivity contribution in [3.8, 4) is 0 Å². The van der Waals surface area contributed by atoms with Crippen LogP contribution in [0.15, 0.2) is 0 Å². The Balaban J connectivity index is 2.02. The van der Waals surface area contributed by atoms with Crippen LogP contribution in [0.3, 0.4) is 0 Å². The number of amides is 2. The molecule has 0 saturated carbocycles. The fourth-order valence-corrected chi connectivity index (χ4v) is 1.95. The van der Waals surface area contributed by atoms with Crippen molar-refractivity contribution in [2.75, 3.05) is 32.7 Å². The largest absolute Gasteiger partial charge is 0.471 e. The Morgan fingerprint density at radius 3 is 2.35 bits per heavy atom. The molecule has 20 heavy (non-hydrogen) atoms. The summed E-state index contributed by atoms with van der Waals surface area (Å²) >= 11 is 0. The third-order valence-corrected chi connectivity index (χ3v) is 3.08. The number of hydrogen-bond donors (Lipinski definition) is 2. The predicted molar refractivity (Wildman–Crippen MR) is 67.0 cm³/mol. The number of halogens is 3. The zero-order valence-corrected chi connectivity index (χ0v) is 11.3. The molecular formula is C12H20F3N3O2. The van der Waals surface area contributed by atoms with Gasteiger partial charge in [-0.25, -0.2) is 0 Å². The number of nitrogens with one attached hydrogen (secondary N) is 2. The van der Waals surface area contributed by atoms with Gasteiger partial charge in [0, 0.05) is 39.1 Å². The Morgan fingerprint density at radius 1 is 1.10 bits per heavy atom. The van der Waals surface area contributed by atoms with Crippen molar-refractivity contribution in [3.05, 3.63) is 0 Å². The molecule has 1 saturated heterocycles. The molecule has 1 aliphatic rings. The third-order valence-electron chi connectivity index (χ3n) is 3.08. The minimum atomic E-state index is -4.82. The molecule has 1 rings (SSSR count). The van der Waals surface area contributed by atoms with Crippen LogP contribution in [-0.2, 0) is 9.59 Å². The smallest absolute Gasteiger partial charge is 0.348 e. The summed E-state index contributed by atoms with van der Waals surface area (Å²) in [6.45, 7) is 3.01. The second-order valence-corrected chi connectivity index (χ2v) is 4.70. The topological polar surface area (TPSA) is 61.4 Å². The summed E-state index contributed by atoms with van der Waals surface area (Å²) in [7, 11) is 0. The minimum absolute atomic E-state index is 0.0137. The molecule has 0 radical (unpaired) electrons. The van der Waals surface area contributed by atoms with E-state index in [-0.39, 0.29) is 12.5 Å². The number of alkyl halides is 3. The van der Waals surface area contributed by atoms with E-state index in [1.165, 1.54) is 0 Å². The first-order chi connectivity index (χ1) is 9.41. The second kappa shape index (κ2) is 8.08. The van der Waals surface area contributed by atoms with Gasteiger partial charge in [0.1, 0.15) is 0 Å². The van der Waals surface area contributed by atoms with E-state index < -0.39 is 12.1 Å². The number of rotatable bonds is 6. The van der Waals surface area contributed by atoms with Crippen LogP contribution in [0.1, 0.15) is 25.7 Å². The fourth-order valence-electron chi connectivity index (χ4n) is 1.95. The van der Waals surface area contributed by atoms with E-state index in [0.29, 0.717) is 38.8 Å². The maximum Gasteiger partial charge on any atom is 0.471 e. The number of carbonyl (C=O) groups excluding carboxylic acids is 2. The van der Waals surface area contributed by atoms with Crippen LogP contribution in [-0.4, -0.2) is 55.6 Å². The molecule has 2 N–H and O–H groups in total. The van der Waals surface area contributed by atoms with E-state index in [0.717, 1.165) is 13.1 Å². The highest BCUT2D eigenvalue weighted by Gasteiger charge is 2.38. The number of unbranched alkanes of at least 4 members (excludes halogenated alkanes) is 2. The molecule has 116 valence electrons. The number of piperazine rings is 1. The third kappa shape index (κ3) is 6.23. The van der Waals surface area contributed by atoms with Crippen LogP contribution in [0.4, 0.5) is 13.2 Å². The number of carbonyl (C=O) groups is 2. The summed E-state index contributed by atoms with van der Waals surface area (Å²) < 4.78 is 35.6. The molecule has 0 aromatic heterocycles. The van der Waals surface area contributed by atoms with Gasteiger partial charge in [0.05, 0.1) is 0 Å². The van der Waals surface area contributed by atoms with Gasteiger partial charge in [0.15, 0.2) is 0 Å². The highest BCUT2D eigenvalue weighted by molar-refractivity contribution is 5.81. The molecule has 0 aromatic rings. The zero-order chi connectivity index (χ0) is 15.0. The van der Waals surface area contributed by atoms with Crippen molar-refractivity contribution in [2.45, 2.75) is 31.9 Å². The van der Waals surface area contributed by atoms with E-state index in [1.807, 2.05) is 0 Å². The Labute approximate surface area is 115 Å². The first kappa shape index (κ1) is 16.7. The molecule has 2 amide bonds. The van der Waals surface area contributed by atoms with Crippen LogP contribution < -0.4 is 10.6 Å². The molecule has 5 nitrogen and oxygen atoms in total. The van der Waals surface area contributed by atoms with Gasteiger partial charge in [-0.1, -0.05) is 6.42 Å². The second-order valence-electron chi connectivity index (χ2n) is 4.70. The molecule has 0 aliphatic carbocycles. The van der Waals surface area contributed by atoms with E-state index in [2.05, 4.69) is 5.32 Å².